The van der Waals surface area contributed by atoms with Gasteiger partial charge in [-0.3, -0.25) is 4.79 Å². The van der Waals surface area contributed by atoms with Gasteiger partial charge in [0.15, 0.2) is 11.2 Å². The van der Waals surface area contributed by atoms with E-state index in [1.165, 1.54) is 14.0 Å². The van der Waals surface area contributed by atoms with E-state index >= 15 is 0 Å². The Labute approximate surface area is 206 Å². The van der Waals surface area contributed by atoms with Crippen LogP contribution >= 0.6 is 15.9 Å². The molecule has 176 valence electrons. The maximum absolute atomic E-state index is 12.7. The number of carbonyl (C=O) groups excluding carboxylic acids is 1. The highest BCUT2D eigenvalue weighted by Crippen LogP contribution is 2.69. The van der Waals surface area contributed by atoms with Crippen LogP contribution in [0.1, 0.15) is 36.0 Å². The van der Waals surface area contributed by atoms with Crippen LogP contribution < -0.4 is 14.2 Å². The number of esters is 1. The van der Waals surface area contributed by atoms with Gasteiger partial charge in [-0.2, -0.15) is 0 Å². The van der Waals surface area contributed by atoms with E-state index in [0.717, 1.165) is 15.6 Å². The molecule has 7 heteroatoms. The summed E-state index contributed by atoms with van der Waals surface area (Å²) in [4.78, 5) is 12.2. The monoisotopic (exact) mass is 524 g/mol. The third-order valence-electron chi connectivity index (χ3n) is 6.90. The fourth-order valence-electron chi connectivity index (χ4n) is 5.59. The molecule has 1 aliphatic heterocycles. The minimum Gasteiger partial charge on any atom is -0.496 e. The van der Waals surface area contributed by atoms with Crippen molar-refractivity contribution in [2.45, 2.75) is 36.6 Å². The Kier molecular flexibility index (Phi) is 5.57. The standard InChI is InChI=1S/C27H25BrO6/c1-16(29)33-24-15-21(17-7-5-4-6-8-17)27(18-9-11-19(28)12-10-18)26(24,30)25-22(32-3)13-20(31-2)14-23(25)34-27/h4-14,21,24,30H,15H2,1-3H3/t21-,24+,26+,27-/m0/s1. The van der Waals surface area contributed by atoms with Crippen LogP contribution in [-0.4, -0.2) is 31.4 Å². The zero-order valence-electron chi connectivity index (χ0n) is 19.1. The molecule has 1 N–H and O–H groups in total. The summed E-state index contributed by atoms with van der Waals surface area (Å²) in [6.45, 7) is 1.35. The second-order valence-electron chi connectivity index (χ2n) is 8.61. The smallest absolute Gasteiger partial charge is 0.303 e. The minimum absolute atomic E-state index is 0.327. The van der Waals surface area contributed by atoms with Crippen LogP contribution in [0.2, 0.25) is 0 Å². The largest absolute Gasteiger partial charge is 0.496 e. The maximum Gasteiger partial charge on any atom is 0.303 e. The number of benzene rings is 3. The van der Waals surface area contributed by atoms with Crippen molar-refractivity contribution >= 4 is 21.9 Å². The highest BCUT2D eigenvalue weighted by Gasteiger charge is 2.75. The third kappa shape index (κ3) is 3.14. The number of methoxy groups -OCH3 is 2. The lowest BCUT2D eigenvalue weighted by Crippen LogP contribution is -2.52. The molecule has 2 aliphatic rings. The molecule has 3 aromatic carbocycles. The molecule has 1 saturated carbocycles. The van der Waals surface area contributed by atoms with Crippen LogP contribution in [0.15, 0.2) is 71.2 Å². The zero-order chi connectivity index (χ0) is 24.1. The molecule has 6 nitrogen and oxygen atoms in total. The molecule has 0 radical (unpaired) electrons. The summed E-state index contributed by atoms with van der Waals surface area (Å²) in [6, 6.07) is 21.0. The molecule has 0 saturated heterocycles. The Balaban J connectivity index is 1.84. The summed E-state index contributed by atoms with van der Waals surface area (Å²) >= 11 is 3.50. The first kappa shape index (κ1) is 22.7. The lowest BCUT2D eigenvalue weighted by Gasteiger charge is -2.41. The summed E-state index contributed by atoms with van der Waals surface area (Å²) in [6.07, 6.45) is -0.507. The summed E-state index contributed by atoms with van der Waals surface area (Å²) < 4.78 is 24.7. The number of aliphatic hydroxyl groups is 1. The van der Waals surface area contributed by atoms with Crippen molar-refractivity contribution in [2.24, 2.45) is 0 Å². The van der Waals surface area contributed by atoms with E-state index in [0.29, 0.717) is 29.2 Å². The number of hydrogen-bond acceptors (Lipinski definition) is 6. The fourth-order valence-corrected chi connectivity index (χ4v) is 5.86. The van der Waals surface area contributed by atoms with E-state index in [9.17, 15) is 9.90 Å². The first-order chi connectivity index (χ1) is 16.3. The van der Waals surface area contributed by atoms with Crippen molar-refractivity contribution in [1.82, 2.24) is 0 Å². The van der Waals surface area contributed by atoms with Crippen LogP contribution in [0.25, 0.3) is 0 Å². The lowest BCUT2D eigenvalue weighted by molar-refractivity contribution is -0.180. The predicted molar refractivity (Wildman–Crippen MR) is 129 cm³/mol. The number of rotatable bonds is 5. The van der Waals surface area contributed by atoms with Gasteiger partial charge in [0, 0.05) is 29.4 Å². The lowest BCUT2D eigenvalue weighted by atomic mass is 9.71. The molecule has 0 spiro atoms. The molecular formula is C27H25BrO6. The topological polar surface area (TPSA) is 74.2 Å². The van der Waals surface area contributed by atoms with Gasteiger partial charge in [-0.1, -0.05) is 58.4 Å². The van der Waals surface area contributed by atoms with Gasteiger partial charge in [0.05, 0.1) is 19.8 Å². The molecule has 1 heterocycles. The van der Waals surface area contributed by atoms with Gasteiger partial charge in [0.1, 0.15) is 23.4 Å². The van der Waals surface area contributed by atoms with Gasteiger partial charge in [-0.05, 0) is 29.7 Å². The predicted octanol–water partition coefficient (Wildman–Crippen LogP) is 5.06. The van der Waals surface area contributed by atoms with Crippen molar-refractivity contribution < 1.29 is 28.8 Å². The van der Waals surface area contributed by atoms with Gasteiger partial charge in [0.2, 0.25) is 0 Å². The highest BCUT2D eigenvalue weighted by molar-refractivity contribution is 9.10. The maximum atomic E-state index is 12.7. The number of carbonyl (C=O) groups is 1. The van der Waals surface area contributed by atoms with E-state index in [4.69, 9.17) is 18.9 Å². The van der Waals surface area contributed by atoms with E-state index in [2.05, 4.69) is 15.9 Å². The summed E-state index contributed by atoms with van der Waals surface area (Å²) in [5.74, 6) is 0.566. The Morgan fingerprint density at radius 1 is 1.06 bits per heavy atom. The molecule has 0 amide bonds. The summed E-state index contributed by atoms with van der Waals surface area (Å²) in [5, 5.41) is 12.7. The normalized spacial score (nSPS) is 26.9. The molecular weight excluding hydrogens is 500 g/mol. The first-order valence-electron chi connectivity index (χ1n) is 11.0. The van der Waals surface area contributed by atoms with E-state index in [1.807, 2.05) is 54.6 Å². The first-order valence-corrected chi connectivity index (χ1v) is 11.8. The zero-order valence-corrected chi connectivity index (χ0v) is 20.7. The van der Waals surface area contributed by atoms with E-state index in [-0.39, 0.29) is 5.92 Å². The highest BCUT2D eigenvalue weighted by atomic mass is 79.9. The van der Waals surface area contributed by atoms with Crippen molar-refractivity contribution in [3.63, 3.8) is 0 Å². The number of fused-ring (bicyclic) bond motifs is 3. The Morgan fingerprint density at radius 2 is 1.76 bits per heavy atom. The molecule has 5 rings (SSSR count). The van der Waals surface area contributed by atoms with Crippen LogP contribution in [-0.2, 0) is 20.7 Å². The average molecular weight is 525 g/mol. The summed E-state index contributed by atoms with van der Waals surface area (Å²) in [7, 11) is 3.09. The Hall–Kier alpha value is -3.03. The molecule has 1 aliphatic carbocycles. The number of halogens is 1. The van der Waals surface area contributed by atoms with Crippen LogP contribution in [0.4, 0.5) is 0 Å². The molecule has 0 bridgehead atoms. The Morgan fingerprint density at radius 3 is 2.38 bits per heavy atom. The van der Waals surface area contributed by atoms with Gasteiger partial charge in [-0.15, -0.1) is 0 Å². The Bertz CT molecular complexity index is 1230. The SMILES string of the molecule is COc1cc(OC)c2c(c1)O[C@@]1(c3ccc(Br)cc3)[C@H](c3ccccc3)C[C@@H](OC(C)=O)[C@@]21O. The molecule has 0 aromatic heterocycles. The third-order valence-corrected chi connectivity index (χ3v) is 7.43. The van der Waals surface area contributed by atoms with Crippen molar-refractivity contribution in [2.75, 3.05) is 14.2 Å². The van der Waals surface area contributed by atoms with Gasteiger partial charge in [-0.25, -0.2) is 0 Å². The van der Waals surface area contributed by atoms with Crippen LogP contribution in [0.3, 0.4) is 0 Å². The number of hydrogen-bond donors (Lipinski definition) is 1. The van der Waals surface area contributed by atoms with E-state index < -0.39 is 23.3 Å². The molecule has 4 atom stereocenters. The van der Waals surface area contributed by atoms with Crippen LogP contribution in [0, 0.1) is 0 Å². The second-order valence-corrected chi connectivity index (χ2v) is 9.53. The van der Waals surface area contributed by atoms with Crippen molar-refractivity contribution in [3.8, 4) is 17.2 Å². The molecule has 0 unspecified atom stereocenters. The molecule has 3 aromatic rings. The molecule has 1 fully saturated rings. The fraction of sp³-hybridized carbons (Fsp3) is 0.296. The van der Waals surface area contributed by atoms with Gasteiger partial charge in [0.25, 0.3) is 0 Å². The van der Waals surface area contributed by atoms with Crippen LogP contribution in [0.5, 0.6) is 17.2 Å². The molecule has 34 heavy (non-hydrogen) atoms. The number of ether oxygens (including phenoxy) is 4. The van der Waals surface area contributed by atoms with Gasteiger partial charge >= 0.3 is 5.97 Å². The quantitative estimate of drug-likeness (QED) is 0.470. The minimum atomic E-state index is -1.72. The van der Waals surface area contributed by atoms with Gasteiger partial charge < -0.3 is 24.1 Å². The van der Waals surface area contributed by atoms with Crippen molar-refractivity contribution in [1.29, 1.82) is 0 Å². The second kappa shape index (κ2) is 8.32. The average Bonchev–Trinajstić information content (AvgIpc) is 3.24. The van der Waals surface area contributed by atoms with E-state index in [1.54, 1.807) is 19.2 Å². The van der Waals surface area contributed by atoms with Crippen molar-refractivity contribution in [3.05, 3.63) is 87.9 Å². The summed E-state index contributed by atoms with van der Waals surface area (Å²) in [5.41, 5.74) is -0.823.